The lowest BCUT2D eigenvalue weighted by atomic mass is 10.1. The molecule has 0 aliphatic heterocycles. The van der Waals surface area contributed by atoms with Crippen LogP contribution in [0.3, 0.4) is 0 Å². The van der Waals surface area contributed by atoms with Gasteiger partial charge in [0.25, 0.3) is 0 Å². The van der Waals surface area contributed by atoms with E-state index in [0.717, 1.165) is 18.5 Å². The molecule has 16 heavy (non-hydrogen) atoms. The average Bonchev–Trinajstić information content (AvgIpc) is 2.24. The summed E-state index contributed by atoms with van der Waals surface area (Å²) in [5.74, 6) is -0.194. The molecule has 1 rings (SSSR count). The molecule has 1 atom stereocenters. The van der Waals surface area contributed by atoms with Crippen molar-refractivity contribution < 1.29 is 9.90 Å². The average molecular weight is 222 g/mol. The zero-order chi connectivity index (χ0) is 12.0. The molecule has 88 valence electrons. The number of carboxylic acids is 1. The fourth-order valence-corrected chi connectivity index (χ4v) is 1.47. The summed E-state index contributed by atoms with van der Waals surface area (Å²) in [5, 5.41) is 12.0. The standard InChI is InChI=1S/C12H18N2O2/c1-3-4-7-10(12(15)16)14-11-8-5-6-9(2)13-11/h5-6,8,10H,3-4,7H2,1-2H3,(H,13,14)(H,15,16). The highest BCUT2D eigenvalue weighted by molar-refractivity contribution is 5.76. The second kappa shape index (κ2) is 6.10. The molecule has 2 N–H and O–H groups in total. The monoisotopic (exact) mass is 222 g/mol. The van der Waals surface area contributed by atoms with E-state index in [4.69, 9.17) is 5.11 Å². The van der Waals surface area contributed by atoms with Crippen LogP contribution in [0.15, 0.2) is 18.2 Å². The molecule has 1 heterocycles. The molecule has 0 aromatic carbocycles. The van der Waals surface area contributed by atoms with Crippen LogP contribution in [0.5, 0.6) is 0 Å². The van der Waals surface area contributed by atoms with Gasteiger partial charge >= 0.3 is 5.97 Å². The number of aliphatic carboxylic acids is 1. The first-order chi connectivity index (χ1) is 7.63. The highest BCUT2D eigenvalue weighted by Gasteiger charge is 2.16. The Balaban J connectivity index is 2.64. The predicted octanol–water partition coefficient (Wildman–Crippen LogP) is 2.45. The normalized spacial score (nSPS) is 12.1. The van der Waals surface area contributed by atoms with Gasteiger partial charge in [-0.15, -0.1) is 0 Å². The number of hydrogen-bond acceptors (Lipinski definition) is 3. The van der Waals surface area contributed by atoms with Crippen molar-refractivity contribution in [2.75, 3.05) is 5.32 Å². The lowest BCUT2D eigenvalue weighted by molar-refractivity contribution is -0.138. The van der Waals surface area contributed by atoms with Gasteiger partial charge in [0.2, 0.25) is 0 Å². The summed E-state index contributed by atoms with van der Waals surface area (Å²) in [4.78, 5) is 15.2. The summed E-state index contributed by atoms with van der Waals surface area (Å²) in [6.45, 7) is 3.93. The van der Waals surface area contributed by atoms with E-state index in [-0.39, 0.29) is 0 Å². The van der Waals surface area contributed by atoms with E-state index < -0.39 is 12.0 Å². The van der Waals surface area contributed by atoms with E-state index >= 15 is 0 Å². The molecular weight excluding hydrogens is 204 g/mol. The van der Waals surface area contributed by atoms with Crippen LogP contribution in [0, 0.1) is 6.92 Å². The number of aryl methyl sites for hydroxylation is 1. The second-order valence-electron chi connectivity index (χ2n) is 3.84. The number of carboxylic acid groups (broad SMARTS) is 1. The Kier molecular flexibility index (Phi) is 4.76. The smallest absolute Gasteiger partial charge is 0.326 e. The zero-order valence-electron chi connectivity index (χ0n) is 9.73. The Hall–Kier alpha value is -1.58. The van der Waals surface area contributed by atoms with Gasteiger partial charge in [0.05, 0.1) is 0 Å². The van der Waals surface area contributed by atoms with Crippen LogP contribution < -0.4 is 5.32 Å². The van der Waals surface area contributed by atoms with Gasteiger partial charge < -0.3 is 10.4 Å². The number of unbranched alkanes of at least 4 members (excludes halogenated alkanes) is 1. The second-order valence-corrected chi connectivity index (χ2v) is 3.84. The molecule has 0 radical (unpaired) electrons. The number of anilines is 1. The van der Waals surface area contributed by atoms with Crippen LogP contribution in [0.25, 0.3) is 0 Å². The van der Waals surface area contributed by atoms with Crippen molar-refractivity contribution in [1.82, 2.24) is 4.98 Å². The molecule has 0 aliphatic carbocycles. The summed E-state index contributed by atoms with van der Waals surface area (Å²) in [5.41, 5.74) is 0.879. The Bertz CT molecular complexity index is 353. The molecule has 4 heteroatoms. The van der Waals surface area contributed by atoms with E-state index in [0.29, 0.717) is 12.2 Å². The first-order valence-electron chi connectivity index (χ1n) is 5.56. The number of nitrogens with zero attached hydrogens (tertiary/aromatic N) is 1. The molecule has 0 amide bonds. The van der Waals surface area contributed by atoms with E-state index in [1.54, 1.807) is 6.07 Å². The van der Waals surface area contributed by atoms with Gasteiger partial charge in [0, 0.05) is 5.69 Å². The Morgan fingerprint density at radius 1 is 1.56 bits per heavy atom. The van der Waals surface area contributed by atoms with Gasteiger partial charge in [0.15, 0.2) is 0 Å². The summed E-state index contributed by atoms with van der Waals surface area (Å²) < 4.78 is 0. The Labute approximate surface area is 95.7 Å². The van der Waals surface area contributed by atoms with Gasteiger partial charge in [-0.05, 0) is 25.5 Å². The van der Waals surface area contributed by atoms with E-state index in [2.05, 4.69) is 10.3 Å². The first kappa shape index (κ1) is 12.5. The minimum Gasteiger partial charge on any atom is -0.480 e. The van der Waals surface area contributed by atoms with Crippen LogP contribution in [0.2, 0.25) is 0 Å². The van der Waals surface area contributed by atoms with Crippen molar-refractivity contribution in [2.24, 2.45) is 0 Å². The number of aromatic nitrogens is 1. The fourth-order valence-electron chi connectivity index (χ4n) is 1.47. The minimum atomic E-state index is -0.822. The Morgan fingerprint density at radius 2 is 2.31 bits per heavy atom. The van der Waals surface area contributed by atoms with E-state index in [9.17, 15) is 4.79 Å². The highest BCUT2D eigenvalue weighted by Crippen LogP contribution is 2.10. The summed E-state index contributed by atoms with van der Waals surface area (Å²) in [6, 6.07) is 4.99. The van der Waals surface area contributed by atoms with Crippen molar-refractivity contribution in [3.8, 4) is 0 Å². The van der Waals surface area contributed by atoms with Crippen LogP contribution in [-0.4, -0.2) is 22.1 Å². The Morgan fingerprint density at radius 3 is 2.88 bits per heavy atom. The van der Waals surface area contributed by atoms with Crippen LogP contribution in [0.1, 0.15) is 31.9 Å². The molecule has 1 aromatic rings. The highest BCUT2D eigenvalue weighted by atomic mass is 16.4. The molecule has 0 saturated heterocycles. The number of nitrogens with one attached hydrogen (secondary N) is 1. The molecule has 0 aliphatic rings. The van der Waals surface area contributed by atoms with E-state index in [1.165, 1.54) is 0 Å². The molecule has 4 nitrogen and oxygen atoms in total. The number of rotatable bonds is 6. The first-order valence-corrected chi connectivity index (χ1v) is 5.56. The van der Waals surface area contributed by atoms with Crippen LogP contribution >= 0.6 is 0 Å². The summed E-state index contributed by atoms with van der Waals surface area (Å²) >= 11 is 0. The SMILES string of the molecule is CCCCC(Nc1cccc(C)n1)C(=O)O. The summed E-state index contributed by atoms with van der Waals surface area (Å²) in [6.07, 6.45) is 2.52. The van der Waals surface area contributed by atoms with Crippen molar-refractivity contribution >= 4 is 11.8 Å². The fraction of sp³-hybridized carbons (Fsp3) is 0.500. The molecule has 0 spiro atoms. The van der Waals surface area contributed by atoms with E-state index in [1.807, 2.05) is 26.0 Å². The lowest BCUT2D eigenvalue weighted by Crippen LogP contribution is -2.29. The van der Waals surface area contributed by atoms with Gasteiger partial charge in [-0.3, -0.25) is 0 Å². The quantitative estimate of drug-likeness (QED) is 0.776. The molecular formula is C12H18N2O2. The molecule has 0 bridgehead atoms. The molecule has 1 unspecified atom stereocenters. The van der Waals surface area contributed by atoms with Crippen molar-refractivity contribution in [1.29, 1.82) is 0 Å². The van der Waals surface area contributed by atoms with Crippen molar-refractivity contribution in [3.63, 3.8) is 0 Å². The molecule has 1 aromatic heterocycles. The number of hydrogen-bond donors (Lipinski definition) is 2. The van der Waals surface area contributed by atoms with Gasteiger partial charge in [-0.25, -0.2) is 9.78 Å². The molecule has 0 saturated carbocycles. The number of carbonyl (C=O) groups is 1. The maximum atomic E-state index is 11.0. The topological polar surface area (TPSA) is 62.2 Å². The third kappa shape index (κ3) is 3.88. The largest absolute Gasteiger partial charge is 0.480 e. The van der Waals surface area contributed by atoms with Crippen LogP contribution in [0.4, 0.5) is 5.82 Å². The maximum Gasteiger partial charge on any atom is 0.326 e. The van der Waals surface area contributed by atoms with Gasteiger partial charge in [-0.1, -0.05) is 25.8 Å². The van der Waals surface area contributed by atoms with Crippen LogP contribution in [-0.2, 0) is 4.79 Å². The van der Waals surface area contributed by atoms with Crippen molar-refractivity contribution in [2.45, 2.75) is 39.2 Å². The minimum absolute atomic E-state index is 0.547. The number of pyridine rings is 1. The lowest BCUT2D eigenvalue weighted by Gasteiger charge is -2.14. The third-order valence-electron chi connectivity index (χ3n) is 2.35. The summed E-state index contributed by atoms with van der Waals surface area (Å²) in [7, 11) is 0. The van der Waals surface area contributed by atoms with Gasteiger partial charge in [-0.2, -0.15) is 0 Å². The van der Waals surface area contributed by atoms with Gasteiger partial charge in [0.1, 0.15) is 11.9 Å². The zero-order valence-corrected chi connectivity index (χ0v) is 9.73. The maximum absolute atomic E-state index is 11.0. The molecule has 0 fully saturated rings. The predicted molar refractivity (Wildman–Crippen MR) is 63.5 cm³/mol. The third-order valence-corrected chi connectivity index (χ3v) is 2.35. The van der Waals surface area contributed by atoms with Crippen molar-refractivity contribution in [3.05, 3.63) is 23.9 Å².